The van der Waals surface area contributed by atoms with Gasteiger partial charge in [-0.1, -0.05) is 26.8 Å². The van der Waals surface area contributed by atoms with E-state index in [1.165, 1.54) is 25.0 Å². The van der Waals surface area contributed by atoms with Crippen LogP contribution >= 0.6 is 11.8 Å². The zero-order chi connectivity index (χ0) is 18.8. The first kappa shape index (κ1) is 24.7. The summed E-state index contributed by atoms with van der Waals surface area (Å²) in [7, 11) is 0. The van der Waals surface area contributed by atoms with E-state index in [9.17, 15) is 9.59 Å². The number of carbonyl (C=O) groups is 3. The predicted molar refractivity (Wildman–Crippen MR) is 98.1 cm³/mol. The molecule has 0 aromatic heterocycles. The van der Waals surface area contributed by atoms with Crippen LogP contribution in [0.2, 0.25) is 0 Å². The van der Waals surface area contributed by atoms with Gasteiger partial charge in [0, 0.05) is 0 Å². The number of carbonyl (C=O) groups excluding carboxylic acids is 1. The molecule has 7 heteroatoms. The summed E-state index contributed by atoms with van der Waals surface area (Å²) in [5.41, 5.74) is 0.719. The monoisotopic (exact) mass is 361 g/mol. The number of thioether (sulfide) groups is 1. The standard InChI is InChI=1S/C11H19NO3S.C5H10.CH2O2/c1-2-7-16-8-5-3-4-6-10(11(14)15)12-9-13;1-5(2)3-4-5;2-1-3/h6,9H,2-5,7-8H2,1H3,(H,12,13)(H,14,15);3-4H2,1-2H3;1H,(H,2,3)/b10-6-;;. The number of allylic oxidation sites excluding steroid dienone is 1. The lowest BCUT2D eigenvalue weighted by molar-refractivity contribution is -0.133. The van der Waals surface area contributed by atoms with Crippen LogP contribution in [0.5, 0.6) is 0 Å². The second-order valence-corrected chi connectivity index (χ2v) is 7.29. The number of unbranched alkanes of at least 4 members (excludes halogenated alkanes) is 2. The van der Waals surface area contributed by atoms with Gasteiger partial charge < -0.3 is 15.5 Å². The molecule has 1 amide bonds. The predicted octanol–water partition coefficient (Wildman–Crippen LogP) is 3.52. The van der Waals surface area contributed by atoms with Crippen molar-refractivity contribution in [2.24, 2.45) is 5.41 Å². The maximum atomic E-state index is 10.6. The van der Waals surface area contributed by atoms with Gasteiger partial charge in [0.1, 0.15) is 5.70 Å². The molecule has 1 saturated carbocycles. The second kappa shape index (κ2) is 16.4. The highest BCUT2D eigenvalue weighted by atomic mass is 32.2. The highest BCUT2D eigenvalue weighted by Gasteiger charge is 2.30. The van der Waals surface area contributed by atoms with Crippen molar-refractivity contribution in [3.05, 3.63) is 11.8 Å². The van der Waals surface area contributed by atoms with Crippen LogP contribution in [0.4, 0.5) is 0 Å². The summed E-state index contributed by atoms with van der Waals surface area (Å²) in [6, 6.07) is 0. The maximum Gasteiger partial charge on any atom is 0.352 e. The lowest BCUT2D eigenvalue weighted by Crippen LogP contribution is -2.18. The topological polar surface area (TPSA) is 104 Å². The van der Waals surface area contributed by atoms with Crippen molar-refractivity contribution in [2.75, 3.05) is 11.5 Å². The SMILES string of the molecule is CC1(C)CC1.CCCSCCCC/C=C(\NC=O)C(=O)O.O=CO. The quantitative estimate of drug-likeness (QED) is 0.312. The largest absolute Gasteiger partial charge is 0.483 e. The number of hydrogen-bond donors (Lipinski definition) is 3. The Morgan fingerprint density at radius 2 is 1.75 bits per heavy atom. The zero-order valence-corrected chi connectivity index (χ0v) is 15.7. The fourth-order valence-corrected chi connectivity index (χ4v) is 2.26. The second-order valence-electron chi connectivity index (χ2n) is 6.06. The van der Waals surface area contributed by atoms with Gasteiger partial charge in [-0.2, -0.15) is 11.8 Å². The lowest BCUT2D eigenvalue weighted by atomic mass is 10.2. The molecule has 24 heavy (non-hydrogen) atoms. The fraction of sp³-hybridized carbons (Fsp3) is 0.706. The molecule has 6 nitrogen and oxygen atoms in total. The van der Waals surface area contributed by atoms with Crippen molar-refractivity contribution in [3.8, 4) is 0 Å². The van der Waals surface area contributed by atoms with E-state index in [0.717, 1.165) is 24.0 Å². The Bertz CT molecular complexity index is 377. The van der Waals surface area contributed by atoms with Crippen molar-refractivity contribution in [1.82, 2.24) is 5.32 Å². The number of amides is 1. The summed E-state index contributed by atoms with van der Waals surface area (Å²) in [5, 5.41) is 17.7. The van der Waals surface area contributed by atoms with Crippen molar-refractivity contribution in [2.45, 2.75) is 59.3 Å². The Hall–Kier alpha value is -1.50. The minimum Gasteiger partial charge on any atom is -0.483 e. The van der Waals surface area contributed by atoms with Crippen LogP contribution in [0.15, 0.2) is 11.8 Å². The molecule has 0 atom stereocenters. The van der Waals surface area contributed by atoms with Gasteiger partial charge in [0.05, 0.1) is 0 Å². The average Bonchev–Trinajstić information content (AvgIpc) is 3.21. The number of carboxylic acids is 1. The summed E-state index contributed by atoms with van der Waals surface area (Å²) in [4.78, 5) is 29.1. The summed E-state index contributed by atoms with van der Waals surface area (Å²) in [6.45, 7) is 6.50. The smallest absolute Gasteiger partial charge is 0.352 e. The van der Waals surface area contributed by atoms with E-state index in [1.807, 2.05) is 11.8 Å². The molecule has 3 N–H and O–H groups in total. The molecule has 1 aliphatic carbocycles. The first-order valence-corrected chi connectivity index (χ1v) is 9.29. The van der Waals surface area contributed by atoms with Crippen LogP contribution in [0.3, 0.4) is 0 Å². The summed E-state index contributed by atoms with van der Waals surface area (Å²) in [6.07, 6.45) is 8.76. The Labute approximate surface area is 149 Å². The molecule has 0 aromatic rings. The molecule has 0 radical (unpaired) electrons. The molecule has 0 aromatic carbocycles. The van der Waals surface area contributed by atoms with Gasteiger partial charge >= 0.3 is 5.97 Å². The molecule has 1 rings (SSSR count). The van der Waals surface area contributed by atoms with Crippen LogP contribution in [0.1, 0.15) is 59.3 Å². The number of aliphatic carboxylic acids is 1. The summed E-state index contributed by atoms with van der Waals surface area (Å²) >= 11 is 1.92. The van der Waals surface area contributed by atoms with E-state index < -0.39 is 5.97 Å². The van der Waals surface area contributed by atoms with E-state index in [-0.39, 0.29) is 12.2 Å². The first-order valence-electron chi connectivity index (χ1n) is 8.13. The fourth-order valence-electron chi connectivity index (χ4n) is 1.36. The van der Waals surface area contributed by atoms with E-state index in [4.69, 9.17) is 15.0 Å². The van der Waals surface area contributed by atoms with Crippen LogP contribution in [0.25, 0.3) is 0 Å². The van der Waals surface area contributed by atoms with Crippen molar-refractivity contribution < 1.29 is 24.6 Å². The van der Waals surface area contributed by atoms with Gasteiger partial charge in [-0.05, 0) is 55.4 Å². The minimum atomic E-state index is -1.09. The molecule has 0 saturated heterocycles. The molecule has 0 aliphatic heterocycles. The van der Waals surface area contributed by atoms with Crippen LogP contribution < -0.4 is 5.32 Å². The number of nitrogens with one attached hydrogen (secondary N) is 1. The van der Waals surface area contributed by atoms with Crippen molar-refractivity contribution >= 4 is 30.6 Å². The molecule has 1 fully saturated rings. The molecule has 0 heterocycles. The third-order valence-corrected chi connectivity index (χ3v) is 4.41. The van der Waals surface area contributed by atoms with Gasteiger partial charge in [0.15, 0.2) is 0 Å². The van der Waals surface area contributed by atoms with Crippen LogP contribution in [0, 0.1) is 5.41 Å². The van der Waals surface area contributed by atoms with Crippen LogP contribution in [-0.2, 0) is 14.4 Å². The van der Waals surface area contributed by atoms with E-state index >= 15 is 0 Å². The highest BCUT2D eigenvalue weighted by molar-refractivity contribution is 7.99. The normalized spacial score (nSPS) is 14.2. The van der Waals surface area contributed by atoms with Crippen molar-refractivity contribution in [1.29, 1.82) is 0 Å². The zero-order valence-electron chi connectivity index (χ0n) is 14.9. The van der Waals surface area contributed by atoms with E-state index in [1.54, 1.807) is 6.08 Å². The van der Waals surface area contributed by atoms with Crippen molar-refractivity contribution in [3.63, 3.8) is 0 Å². The number of rotatable bonds is 10. The third kappa shape index (κ3) is 20.5. The Balaban J connectivity index is 0. The van der Waals surface area contributed by atoms with Crippen LogP contribution in [-0.4, -0.2) is 40.6 Å². The third-order valence-electron chi connectivity index (χ3n) is 3.13. The lowest BCUT2D eigenvalue weighted by Gasteiger charge is -2.00. The maximum absolute atomic E-state index is 10.6. The van der Waals surface area contributed by atoms with Gasteiger partial charge in [0.2, 0.25) is 6.41 Å². The van der Waals surface area contributed by atoms with Gasteiger partial charge in [0.25, 0.3) is 6.47 Å². The first-order chi connectivity index (χ1) is 11.3. The highest BCUT2D eigenvalue weighted by Crippen LogP contribution is 2.43. The Morgan fingerprint density at radius 1 is 1.21 bits per heavy atom. The average molecular weight is 362 g/mol. The van der Waals surface area contributed by atoms with E-state index in [0.29, 0.717) is 12.8 Å². The molecule has 1 aliphatic rings. The molecule has 0 bridgehead atoms. The molecule has 140 valence electrons. The molecular weight excluding hydrogens is 330 g/mol. The van der Waals surface area contributed by atoms with Gasteiger partial charge in [-0.3, -0.25) is 9.59 Å². The Kier molecular flexibility index (Phi) is 16.9. The number of hydrogen-bond acceptors (Lipinski definition) is 4. The number of carboxylic acid groups (broad SMARTS) is 2. The van der Waals surface area contributed by atoms with Gasteiger partial charge in [-0.25, -0.2) is 4.79 Å². The molecule has 0 unspecified atom stereocenters. The van der Waals surface area contributed by atoms with Gasteiger partial charge in [-0.15, -0.1) is 0 Å². The van der Waals surface area contributed by atoms with E-state index in [2.05, 4.69) is 26.1 Å². The molecular formula is C17H31NO5S. The summed E-state index contributed by atoms with van der Waals surface area (Å²) < 4.78 is 0. The summed E-state index contributed by atoms with van der Waals surface area (Å²) in [5.74, 6) is 1.21. The Morgan fingerprint density at radius 3 is 2.12 bits per heavy atom. The minimum absolute atomic E-state index is 0.0313. The molecule has 0 spiro atoms.